The van der Waals surface area contributed by atoms with Crippen molar-refractivity contribution in [2.45, 2.75) is 26.4 Å². The van der Waals surface area contributed by atoms with Crippen LogP contribution in [0.1, 0.15) is 41.3 Å². The number of carbonyl (C=O) groups is 2. The summed E-state index contributed by atoms with van der Waals surface area (Å²) < 4.78 is 10.8. The lowest BCUT2D eigenvalue weighted by Gasteiger charge is -2.13. The van der Waals surface area contributed by atoms with E-state index in [-0.39, 0.29) is 18.4 Å². The highest BCUT2D eigenvalue weighted by Gasteiger charge is 2.13. The van der Waals surface area contributed by atoms with Gasteiger partial charge >= 0.3 is 5.97 Å². The van der Waals surface area contributed by atoms with Crippen LogP contribution in [-0.2, 0) is 16.1 Å². The SMILES string of the molecule is CC(C)c1ccccc1NC(=O)COC(=O)c1ccc(OCc2ccccc2)cc1. The second kappa shape index (κ2) is 10.3. The number of anilines is 1. The van der Waals surface area contributed by atoms with Crippen LogP contribution < -0.4 is 10.1 Å². The number of rotatable bonds is 8. The minimum absolute atomic E-state index is 0.270. The first kappa shape index (κ1) is 21.1. The van der Waals surface area contributed by atoms with Gasteiger partial charge in [0.2, 0.25) is 0 Å². The van der Waals surface area contributed by atoms with Crippen molar-refractivity contribution in [2.24, 2.45) is 0 Å². The first-order chi connectivity index (χ1) is 14.5. The van der Waals surface area contributed by atoms with Gasteiger partial charge in [-0.15, -0.1) is 0 Å². The summed E-state index contributed by atoms with van der Waals surface area (Å²) in [7, 11) is 0. The fraction of sp³-hybridized carbons (Fsp3) is 0.200. The normalized spacial score (nSPS) is 10.5. The third kappa shape index (κ3) is 5.95. The number of hydrogen-bond acceptors (Lipinski definition) is 4. The van der Waals surface area contributed by atoms with Crippen LogP contribution in [-0.4, -0.2) is 18.5 Å². The first-order valence-electron chi connectivity index (χ1n) is 9.85. The summed E-state index contributed by atoms with van der Waals surface area (Å²) in [5, 5.41) is 2.80. The molecule has 3 aromatic rings. The number of carbonyl (C=O) groups excluding carboxylic acids is 2. The van der Waals surface area contributed by atoms with Gasteiger partial charge in [-0.1, -0.05) is 62.4 Å². The van der Waals surface area contributed by atoms with Crippen molar-refractivity contribution in [2.75, 3.05) is 11.9 Å². The van der Waals surface area contributed by atoms with Crippen molar-refractivity contribution >= 4 is 17.6 Å². The zero-order valence-corrected chi connectivity index (χ0v) is 17.1. The largest absolute Gasteiger partial charge is 0.489 e. The van der Waals surface area contributed by atoms with Gasteiger partial charge in [-0.05, 0) is 47.4 Å². The molecule has 0 saturated heterocycles. The van der Waals surface area contributed by atoms with E-state index in [4.69, 9.17) is 9.47 Å². The fourth-order valence-corrected chi connectivity index (χ4v) is 2.94. The van der Waals surface area contributed by atoms with E-state index in [1.807, 2.05) is 54.6 Å². The van der Waals surface area contributed by atoms with E-state index in [1.54, 1.807) is 24.3 Å². The predicted octanol–water partition coefficient (Wildman–Crippen LogP) is 5.18. The molecule has 0 aliphatic carbocycles. The van der Waals surface area contributed by atoms with Gasteiger partial charge in [-0.25, -0.2) is 4.79 Å². The van der Waals surface area contributed by atoms with Gasteiger partial charge in [0, 0.05) is 5.69 Å². The van der Waals surface area contributed by atoms with E-state index < -0.39 is 5.97 Å². The Morgan fingerprint density at radius 1 is 0.867 bits per heavy atom. The second-order valence-electron chi connectivity index (χ2n) is 7.16. The van der Waals surface area contributed by atoms with E-state index in [2.05, 4.69) is 19.2 Å². The van der Waals surface area contributed by atoms with Crippen LogP contribution in [0.15, 0.2) is 78.9 Å². The maximum absolute atomic E-state index is 12.2. The van der Waals surface area contributed by atoms with Crippen molar-refractivity contribution in [1.29, 1.82) is 0 Å². The number of hydrogen-bond donors (Lipinski definition) is 1. The van der Waals surface area contributed by atoms with E-state index in [0.29, 0.717) is 17.9 Å². The molecule has 0 unspecified atom stereocenters. The van der Waals surface area contributed by atoms with Crippen LogP contribution in [0.2, 0.25) is 0 Å². The third-order valence-corrected chi connectivity index (χ3v) is 4.53. The predicted molar refractivity (Wildman–Crippen MR) is 117 cm³/mol. The number of nitrogens with one attached hydrogen (secondary N) is 1. The third-order valence-electron chi connectivity index (χ3n) is 4.53. The lowest BCUT2D eigenvalue weighted by atomic mass is 10.0. The Bertz CT molecular complexity index is 982. The molecule has 0 saturated carbocycles. The van der Waals surface area contributed by atoms with Gasteiger partial charge in [0.1, 0.15) is 12.4 Å². The lowest BCUT2D eigenvalue weighted by molar-refractivity contribution is -0.119. The average Bonchev–Trinajstić information content (AvgIpc) is 2.77. The minimum atomic E-state index is -0.558. The highest BCUT2D eigenvalue weighted by Crippen LogP contribution is 2.23. The summed E-state index contributed by atoms with van der Waals surface area (Å²) >= 11 is 0. The summed E-state index contributed by atoms with van der Waals surface area (Å²) in [5.41, 5.74) is 3.18. The van der Waals surface area contributed by atoms with Crippen molar-refractivity contribution in [1.82, 2.24) is 0 Å². The molecule has 5 heteroatoms. The summed E-state index contributed by atoms with van der Waals surface area (Å²) in [6.45, 7) is 4.21. The average molecular weight is 403 g/mol. The zero-order chi connectivity index (χ0) is 21.3. The molecule has 0 bridgehead atoms. The van der Waals surface area contributed by atoms with Crippen molar-refractivity contribution in [3.05, 3.63) is 95.6 Å². The molecule has 0 spiro atoms. The maximum Gasteiger partial charge on any atom is 0.338 e. The topological polar surface area (TPSA) is 64.6 Å². The van der Waals surface area contributed by atoms with Crippen LogP contribution in [0, 0.1) is 0 Å². The standard InChI is InChI=1S/C25H25NO4/c1-18(2)22-10-6-7-11-23(22)26-24(27)17-30-25(28)20-12-14-21(15-13-20)29-16-19-8-4-3-5-9-19/h3-15,18H,16-17H2,1-2H3,(H,26,27). The zero-order valence-electron chi connectivity index (χ0n) is 17.1. The molecule has 3 rings (SSSR count). The Kier molecular flexibility index (Phi) is 7.22. The van der Waals surface area contributed by atoms with E-state index >= 15 is 0 Å². The molecule has 0 aliphatic heterocycles. The van der Waals surface area contributed by atoms with E-state index in [0.717, 1.165) is 16.8 Å². The van der Waals surface area contributed by atoms with E-state index in [1.165, 1.54) is 0 Å². The molecule has 0 radical (unpaired) electrons. The van der Waals surface area contributed by atoms with Crippen LogP contribution in [0.4, 0.5) is 5.69 Å². The van der Waals surface area contributed by atoms with Crippen molar-refractivity contribution in [3.63, 3.8) is 0 Å². The number of amides is 1. The van der Waals surface area contributed by atoms with Gasteiger partial charge in [0.25, 0.3) is 5.91 Å². The smallest absolute Gasteiger partial charge is 0.338 e. The Hall–Kier alpha value is -3.60. The first-order valence-corrected chi connectivity index (χ1v) is 9.85. The number of para-hydroxylation sites is 1. The van der Waals surface area contributed by atoms with Crippen LogP contribution in [0.25, 0.3) is 0 Å². The van der Waals surface area contributed by atoms with E-state index in [9.17, 15) is 9.59 Å². The van der Waals surface area contributed by atoms with Gasteiger partial charge in [0.15, 0.2) is 6.61 Å². The van der Waals surface area contributed by atoms with Gasteiger partial charge in [-0.2, -0.15) is 0 Å². The molecule has 1 N–H and O–H groups in total. The molecule has 1 amide bonds. The molecule has 0 fully saturated rings. The second-order valence-corrected chi connectivity index (χ2v) is 7.16. The summed E-state index contributed by atoms with van der Waals surface area (Å²) in [4.78, 5) is 24.4. The number of ether oxygens (including phenoxy) is 2. The van der Waals surface area contributed by atoms with Gasteiger partial charge in [-0.3, -0.25) is 4.79 Å². The highest BCUT2D eigenvalue weighted by molar-refractivity contribution is 5.96. The van der Waals surface area contributed by atoms with Gasteiger partial charge in [0.05, 0.1) is 5.56 Å². The molecule has 5 nitrogen and oxygen atoms in total. The molecule has 0 aliphatic rings. The quantitative estimate of drug-likeness (QED) is 0.526. The molecular formula is C25H25NO4. The van der Waals surface area contributed by atoms with Crippen LogP contribution in [0.3, 0.4) is 0 Å². The van der Waals surface area contributed by atoms with Crippen LogP contribution in [0.5, 0.6) is 5.75 Å². The molecule has 0 heterocycles. The molecule has 0 aromatic heterocycles. The molecular weight excluding hydrogens is 378 g/mol. The highest BCUT2D eigenvalue weighted by atomic mass is 16.5. The van der Waals surface area contributed by atoms with Crippen LogP contribution >= 0.6 is 0 Å². The molecule has 30 heavy (non-hydrogen) atoms. The Balaban J connectivity index is 1.49. The molecule has 3 aromatic carbocycles. The van der Waals surface area contributed by atoms with Crippen molar-refractivity contribution < 1.29 is 19.1 Å². The lowest BCUT2D eigenvalue weighted by Crippen LogP contribution is -2.21. The fourth-order valence-electron chi connectivity index (χ4n) is 2.94. The molecule has 0 atom stereocenters. The Morgan fingerprint density at radius 3 is 2.23 bits per heavy atom. The Morgan fingerprint density at radius 2 is 1.53 bits per heavy atom. The van der Waals surface area contributed by atoms with Gasteiger partial charge < -0.3 is 14.8 Å². The van der Waals surface area contributed by atoms with Crippen molar-refractivity contribution in [3.8, 4) is 5.75 Å². The monoisotopic (exact) mass is 403 g/mol. The minimum Gasteiger partial charge on any atom is -0.489 e. The Labute approximate surface area is 176 Å². The molecule has 154 valence electrons. The summed E-state index contributed by atoms with van der Waals surface area (Å²) in [6, 6.07) is 24.1. The summed E-state index contributed by atoms with van der Waals surface area (Å²) in [5.74, 6) is -0.0127. The summed E-state index contributed by atoms with van der Waals surface area (Å²) in [6.07, 6.45) is 0. The maximum atomic E-state index is 12.2. The number of benzene rings is 3. The number of esters is 1.